The summed E-state index contributed by atoms with van der Waals surface area (Å²) < 4.78 is 5.65. The summed E-state index contributed by atoms with van der Waals surface area (Å²) in [6.45, 7) is 4.37. The van der Waals surface area contributed by atoms with E-state index < -0.39 is 11.0 Å². The molecule has 0 unspecified atom stereocenters. The third kappa shape index (κ3) is 4.49. The highest BCUT2D eigenvalue weighted by Crippen LogP contribution is 2.29. The topological polar surface area (TPSA) is 75.9 Å². The maximum absolute atomic E-state index is 12.7. The number of nitrogens with zero attached hydrogens (tertiary/aromatic N) is 3. The molecule has 0 aromatic heterocycles. The number of halogens is 1. The molecule has 1 heterocycles. The van der Waals surface area contributed by atoms with Crippen LogP contribution in [0.1, 0.15) is 6.92 Å². The Labute approximate surface area is 162 Å². The van der Waals surface area contributed by atoms with Crippen LogP contribution in [0.2, 0.25) is 5.02 Å². The molecule has 0 saturated carbocycles. The van der Waals surface area contributed by atoms with Crippen molar-refractivity contribution in [2.24, 2.45) is 0 Å². The van der Waals surface area contributed by atoms with Gasteiger partial charge in [0.2, 0.25) is 0 Å². The molecular weight excluding hydrogens is 370 g/mol. The molecule has 3 rings (SSSR count). The van der Waals surface area contributed by atoms with E-state index in [4.69, 9.17) is 16.3 Å². The van der Waals surface area contributed by atoms with Gasteiger partial charge in [-0.3, -0.25) is 14.9 Å². The molecular formula is C19H20ClN3O4. The van der Waals surface area contributed by atoms with Gasteiger partial charge < -0.3 is 14.5 Å². The predicted octanol–water partition coefficient (Wildman–Crippen LogP) is 3.36. The average Bonchev–Trinajstić information content (AvgIpc) is 2.69. The van der Waals surface area contributed by atoms with Gasteiger partial charge in [0.05, 0.1) is 9.95 Å². The van der Waals surface area contributed by atoms with Gasteiger partial charge in [-0.1, -0.05) is 29.8 Å². The molecule has 2 aromatic rings. The van der Waals surface area contributed by atoms with Gasteiger partial charge in [-0.25, -0.2) is 0 Å². The molecule has 8 heteroatoms. The zero-order valence-corrected chi connectivity index (χ0v) is 15.6. The second kappa shape index (κ2) is 8.26. The Morgan fingerprint density at radius 3 is 2.41 bits per heavy atom. The van der Waals surface area contributed by atoms with Crippen LogP contribution in [0.4, 0.5) is 11.4 Å². The van der Waals surface area contributed by atoms with Crippen LogP contribution in [0.15, 0.2) is 48.5 Å². The Morgan fingerprint density at radius 2 is 1.81 bits per heavy atom. The van der Waals surface area contributed by atoms with Crippen LogP contribution < -0.4 is 9.64 Å². The third-order valence-electron chi connectivity index (χ3n) is 4.49. The summed E-state index contributed by atoms with van der Waals surface area (Å²) in [6, 6.07) is 14.0. The van der Waals surface area contributed by atoms with Gasteiger partial charge in [0.15, 0.2) is 6.10 Å². The summed E-state index contributed by atoms with van der Waals surface area (Å²) in [4.78, 5) is 26.9. The van der Waals surface area contributed by atoms with Gasteiger partial charge in [-0.2, -0.15) is 0 Å². The first-order valence-electron chi connectivity index (χ1n) is 8.65. The van der Waals surface area contributed by atoms with E-state index in [1.165, 1.54) is 18.2 Å². The van der Waals surface area contributed by atoms with Crippen molar-refractivity contribution in [3.8, 4) is 5.75 Å². The van der Waals surface area contributed by atoms with Crippen molar-refractivity contribution in [2.75, 3.05) is 31.1 Å². The lowest BCUT2D eigenvalue weighted by Gasteiger charge is -2.37. The highest BCUT2D eigenvalue weighted by atomic mass is 35.5. The van der Waals surface area contributed by atoms with Crippen LogP contribution in [-0.4, -0.2) is 48.0 Å². The molecule has 0 bridgehead atoms. The van der Waals surface area contributed by atoms with E-state index in [0.29, 0.717) is 13.1 Å². The fourth-order valence-electron chi connectivity index (χ4n) is 3.02. The maximum atomic E-state index is 12.7. The molecule has 7 nitrogen and oxygen atoms in total. The van der Waals surface area contributed by atoms with Gasteiger partial charge in [0.1, 0.15) is 5.75 Å². The fourth-order valence-corrected chi connectivity index (χ4v) is 3.24. The molecule has 1 fully saturated rings. The van der Waals surface area contributed by atoms with Gasteiger partial charge in [-0.05, 0) is 25.1 Å². The van der Waals surface area contributed by atoms with Crippen LogP contribution in [-0.2, 0) is 4.79 Å². The number of ether oxygens (including phenoxy) is 1. The van der Waals surface area contributed by atoms with Crippen molar-refractivity contribution < 1.29 is 14.5 Å². The molecule has 0 N–H and O–H groups in total. The van der Waals surface area contributed by atoms with Gasteiger partial charge in [0.25, 0.3) is 11.6 Å². The molecule has 1 amide bonds. The number of para-hydroxylation sites is 1. The Hall–Kier alpha value is -2.80. The second-order valence-corrected chi connectivity index (χ2v) is 6.69. The molecule has 1 aliphatic rings. The van der Waals surface area contributed by atoms with E-state index in [2.05, 4.69) is 17.0 Å². The quantitative estimate of drug-likeness (QED) is 0.579. The Kier molecular flexibility index (Phi) is 5.81. The Balaban J connectivity index is 1.57. The normalized spacial score (nSPS) is 15.3. The highest BCUT2D eigenvalue weighted by molar-refractivity contribution is 6.32. The van der Waals surface area contributed by atoms with Crippen molar-refractivity contribution in [3.63, 3.8) is 0 Å². The van der Waals surface area contributed by atoms with Gasteiger partial charge in [0, 0.05) is 44.0 Å². The first kappa shape index (κ1) is 19.0. The molecule has 0 spiro atoms. The number of amides is 1. The lowest BCUT2D eigenvalue weighted by molar-refractivity contribution is -0.384. The van der Waals surface area contributed by atoms with Crippen LogP contribution >= 0.6 is 11.6 Å². The largest absolute Gasteiger partial charge is 0.479 e. The lowest BCUT2D eigenvalue weighted by atomic mass is 10.2. The number of piperazine rings is 1. The van der Waals surface area contributed by atoms with E-state index in [-0.39, 0.29) is 22.4 Å². The number of rotatable bonds is 5. The SMILES string of the molecule is C[C@H](Oc1ccc([N+](=O)[O-])cc1Cl)C(=O)N1CCN(c2ccccc2)CC1. The lowest BCUT2D eigenvalue weighted by Crippen LogP contribution is -2.52. The number of hydrogen-bond acceptors (Lipinski definition) is 5. The van der Waals surface area contributed by atoms with Gasteiger partial charge >= 0.3 is 0 Å². The summed E-state index contributed by atoms with van der Waals surface area (Å²) in [5.74, 6) is 0.128. The van der Waals surface area contributed by atoms with E-state index in [1.807, 2.05) is 18.2 Å². The minimum Gasteiger partial charge on any atom is -0.479 e. The second-order valence-electron chi connectivity index (χ2n) is 6.28. The van der Waals surface area contributed by atoms with Crippen LogP contribution in [0.3, 0.4) is 0 Å². The molecule has 1 saturated heterocycles. The number of hydrogen-bond donors (Lipinski definition) is 0. The fraction of sp³-hybridized carbons (Fsp3) is 0.316. The summed E-state index contributed by atoms with van der Waals surface area (Å²) in [5, 5.41) is 10.9. The first-order valence-corrected chi connectivity index (χ1v) is 9.03. The minimum atomic E-state index is -0.729. The number of nitro groups is 1. The smallest absolute Gasteiger partial charge is 0.271 e. The summed E-state index contributed by atoms with van der Waals surface area (Å²) >= 11 is 6.03. The standard InChI is InChI=1S/C19H20ClN3O4/c1-14(27-18-8-7-16(23(25)26)13-17(18)20)19(24)22-11-9-21(10-12-22)15-5-3-2-4-6-15/h2-8,13-14H,9-12H2,1H3/t14-/m0/s1. The molecule has 0 radical (unpaired) electrons. The van der Waals surface area contributed by atoms with Crippen molar-refractivity contribution >= 4 is 28.9 Å². The van der Waals surface area contributed by atoms with Crippen molar-refractivity contribution in [2.45, 2.75) is 13.0 Å². The molecule has 1 aliphatic heterocycles. The van der Waals surface area contributed by atoms with Crippen LogP contribution in [0, 0.1) is 10.1 Å². The average molecular weight is 390 g/mol. The first-order chi connectivity index (χ1) is 13.0. The number of anilines is 1. The Bertz CT molecular complexity index is 823. The summed E-state index contributed by atoms with van der Waals surface area (Å²) in [5.41, 5.74) is 1.02. The number of nitro benzene ring substituents is 1. The molecule has 0 aliphatic carbocycles. The van der Waals surface area contributed by atoms with Crippen LogP contribution in [0.5, 0.6) is 5.75 Å². The van der Waals surface area contributed by atoms with Gasteiger partial charge in [-0.15, -0.1) is 0 Å². The molecule has 1 atom stereocenters. The zero-order chi connectivity index (χ0) is 19.4. The Morgan fingerprint density at radius 1 is 1.15 bits per heavy atom. The predicted molar refractivity (Wildman–Crippen MR) is 103 cm³/mol. The maximum Gasteiger partial charge on any atom is 0.271 e. The third-order valence-corrected chi connectivity index (χ3v) is 4.79. The summed E-state index contributed by atoms with van der Waals surface area (Å²) in [6.07, 6.45) is -0.729. The van der Waals surface area contributed by atoms with Crippen LogP contribution in [0.25, 0.3) is 0 Å². The van der Waals surface area contributed by atoms with Crippen molar-refractivity contribution in [1.82, 2.24) is 4.90 Å². The monoisotopic (exact) mass is 389 g/mol. The van der Waals surface area contributed by atoms with E-state index in [1.54, 1.807) is 11.8 Å². The van der Waals surface area contributed by atoms with E-state index >= 15 is 0 Å². The number of carbonyl (C=O) groups excluding carboxylic acids is 1. The summed E-state index contributed by atoms with van der Waals surface area (Å²) in [7, 11) is 0. The molecule has 2 aromatic carbocycles. The number of benzene rings is 2. The number of non-ortho nitro benzene ring substituents is 1. The van der Waals surface area contributed by atoms with Crippen molar-refractivity contribution in [1.29, 1.82) is 0 Å². The number of carbonyl (C=O) groups is 1. The molecule has 27 heavy (non-hydrogen) atoms. The highest BCUT2D eigenvalue weighted by Gasteiger charge is 2.26. The molecule has 142 valence electrons. The zero-order valence-electron chi connectivity index (χ0n) is 14.9. The minimum absolute atomic E-state index is 0.109. The van der Waals surface area contributed by atoms with E-state index in [0.717, 1.165) is 18.8 Å². The van der Waals surface area contributed by atoms with E-state index in [9.17, 15) is 14.9 Å². The van der Waals surface area contributed by atoms with Crippen molar-refractivity contribution in [3.05, 3.63) is 63.7 Å².